The number of rotatable bonds is 2. The number of aromatic hydroxyl groups is 1. The van der Waals surface area contributed by atoms with Crippen molar-refractivity contribution in [1.29, 1.82) is 0 Å². The van der Waals surface area contributed by atoms with Gasteiger partial charge < -0.3 is 15.7 Å². The van der Waals surface area contributed by atoms with Crippen LogP contribution in [0.5, 0.6) is 5.75 Å². The first-order chi connectivity index (χ1) is 8.58. The van der Waals surface area contributed by atoms with Crippen molar-refractivity contribution < 1.29 is 9.90 Å². The first kappa shape index (κ1) is 12.9. The van der Waals surface area contributed by atoms with Gasteiger partial charge in [-0.2, -0.15) is 0 Å². The Hall–Kier alpha value is -1.55. The third-order valence-electron chi connectivity index (χ3n) is 3.53. The second-order valence-electron chi connectivity index (χ2n) is 5.04. The number of anilines is 1. The van der Waals surface area contributed by atoms with Gasteiger partial charge in [0.05, 0.1) is 6.04 Å². The molecule has 1 amide bonds. The Labute approximate surface area is 107 Å². The number of amides is 1. The van der Waals surface area contributed by atoms with Crippen LogP contribution in [0.3, 0.4) is 0 Å². The molecule has 1 saturated heterocycles. The van der Waals surface area contributed by atoms with E-state index in [0.29, 0.717) is 11.6 Å². The average molecular weight is 248 g/mol. The number of hydrogen-bond acceptors (Lipinski definition) is 3. The lowest BCUT2D eigenvalue weighted by atomic mass is 9.92. The summed E-state index contributed by atoms with van der Waals surface area (Å²) >= 11 is 0. The summed E-state index contributed by atoms with van der Waals surface area (Å²) in [7, 11) is 0. The molecule has 3 N–H and O–H groups in total. The van der Waals surface area contributed by atoms with Crippen LogP contribution < -0.4 is 10.6 Å². The van der Waals surface area contributed by atoms with Gasteiger partial charge in [0.1, 0.15) is 5.75 Å². The fraction of sp³-hybridized carbons (Fsp3) is 0.500. The molecule has 2 atom stereocenters. The molecule has 4 nitrogen and oxygen atoms in total. The van der Waals surface area contributed by atoms with Crippen molar-refractivity contribution in [2.24, 2.45) is 5.92 Å². The number of aryl methyl sites for hydroxylation is 1. The van der Waals surface area contributed by atoms with E-state index in [-0.39, 0.29) is 17.7 Å². The smallest absolute Gasteiger partial charge is 0.241 e. The molecule has 0 spiro atoms. The summed E-state index contributed by atoms with van der Waals surface area (Å²) in [6.07, 6.45) is 2.19. The fourth-order valence-corrected chi connectivity index (χ4v) is 2.31. The predicted molar refractivity (Wildman–Crippen MR) is 71.7 cm³/mol. The summed E-state index contributed by atoms with van der Waals surface area (Å²) in [5.41, 5.74) is 1.44. The third kappa shape index (κ3) is 2.82. The van der Waals surface area contributed by atoms with Crippen molar-refractivity contribution in [1.82, 2.24) is 5.32 Å². The van der Waals surface area contributed by atoms with Crippen LogP contribution in [0.1, 0.15) is 25.3 Å². The lowest BCUT2D eigenvalue weighted by Crippen LogP contribution is -2.48. The predicted octanol–water partition coefficient (Wildman–Crippen LogP) is 2.03. The van der Waals surface area contributed by atoms with E-state index in [1.807, 2.05) is 6.92 Å². The minimum absolute atomic E-state index is 0.0227. The lowest BCUT2D eigenvalue weighted by molar-refractivity contribution is -0.119. The summed E-state index contributed by atoms with van der Waals surface area (Å²) in [4.78, 5) is 12.1. The normalized spacial score (nSPS) is 23.7. The maximum absolute atomic E-state index is 12.1. The van der Waals surface area contributed by atoms with Crippen LogP contribution in [-0.2, 0) is 4.79 Å². The van der Waals surface area contributed by atoms with Crippen molar-refractivity contribution in [3.63, 3.8) is 0 Å². The summed E-state index contributed by atoms with van der Waals surface area (Å²) in [6, 6.07) is 5.05. The first-order valence-corrected chi connectivity index (χ1v) is 6.42. The van der Waals surface area contributed by atoms with Crippen molar-refractivity contribution >= 4 is 11.6 Å². The number of phenols is 1. The highest BCUT2D eigenvalue weighted by Gasteiger charge is 2.27. The van der Waals surface area contributed by atoms with E-state index < -0.39 is 0 Å². The van der Waals surface area contributed by atoms with Gasteiger partial charge in [0.15, 0.2) is 0 Å². The highest BCUT2D eigenvalue weighted by Crippen LogP contribution is 2.22. The molecule has 1 aliphatic rings. The number of carbonyl (C=O) groups excluding carboxylic acids is 1. The SMILES string of the molecule is Cc1ccc(NC(=O)C2NCCCC2C)cc1O. The molecule has 18 heavy (non-hydrogen) atoms. The Morgan fingerprint density at radius 2 is 2.28 bits per heavy atom. The van der Waals surface area contributed by atoms with Crippen LogP contribution in [0.4, 0.5) is 5.69 Å². The van der Waals surface area contributed by atoms with Crippen LogP contribution in [0, 0.1) is 12.8 Å². The van der Waals surface area contributed by atoms with Gasteiger partial charge in [-0.3, -0.25) is 4.79 Å². The fourth-order valence-electron chi connectivity index (χ4n) is 2.31. The molecule has 4 heteroatoms. The van der Waals surface area contributed by atoms with E-state index >= 15 is 0 Å². The standard InChI is InChI=1S/C14H20N2O2/c1-9-5-6-11(8-12(9)17)16-14(18)13-10(2)4-3-7-15-13/h5-6,8,10,13,15,17H,3-4,7H2,1-2H3,(H,16,18). The molecule has 2 rings (SSSR count). The number of carbonyl (C=O) groups is 1. The summed E-state index contributed by atoms with van der Waals surface area (Å²) < 4.78 is 0. The number of piperidine rings is 1. The topological polar surface area (TPSA) is 61.4 Å². The van der Waals surface area contributed by atoms with Gasteiger partial charge in [-0.25, -0.2) is 0 Å². The molecule has 1 aromatic carbocycles. The van der Waals surface area contributed by atoms with Gasteiger partial charge in [0.25, 0.3) is 0 Å². The zero-order valence-electron chi connectivity index (χ0n) is 10.9. The maximum Gasteiger partial charge on any atom is 0.241 e. The Morgan fingerprint density at radius 3 is 2.94 bits per heavy atom. The average Bonchev–Trinajstić information content (AvgIpc) is 2.34. The van der Waals surface area contributed by atoms with Gasteiger partial charge in [-0.1, -0.05) is 13.0 Å². The molecule has 0 aromatic heterocycles. The second-order valence-corrected chi connectivity index (χ2v) is 5.04. The zero-order chi connectivity index (χ0) is 13.1. The second kappa shape index (κ2) is 5.40. The van der Waals surface area contributed by atoms with Gasteiger partial charge in [0, 0.05) is 11.8 Å². The molecule has 1 aliphatic heterocycles. The van der Waals surface area contributed by atoms with E-state index in [0.717, 1.165) is 24.9 Å². The number of phenolic OH excluding ortho intramolecular Hbond substituents is 1. The number of benzene rings is 1. The molecule has 1 aromatic rings. The van der Waals surface area contributed by atoms with E-state index in [4.69, 9.17) is 0 Å². The van der Waals surface area contributed by atoms with Crippen molar-refractivity contribution in [2.45, 2.75) is 32.7 Å². The Kier molecular flexibility index (Phi) is 3.87. The molecular weight excluding hydrogens is 228 g/mol. The Morgan fingerprint density at radius 1 is 1.50 bits per heavy atom. The monoisotopic (exact) mass is 248 g/mol. The maximum atomic E-state index is 12.1. The molecule has 1 heterocycles. The summed E-state index contributed by atoms with van der Waals surface area (Å²) in [5.74, 6) is 0.528. The Balaban J connectivity index is 2.04. The molecule has 0 radical (unpaired) electrons. The summed E-state index contributed by atoms with van der Waals surface area (Å²) in [5, 5.41) is 15.7. The quantitative estimate of drug-likeness (QED) is 0.750. The van der Waals surface area contributed by atoms with Crippen LogP contribution in [0.25, 0.3) is 0 Å². The molecule has 0 bridgehead atoms. The molecule has 1 fully saturated rings. The van der Waals surface area contributed by atoms with Gasteiger partial charge in [0.2, 0.25) is 5.91 Å². The largest absolute Gasteiger partial charge is 0.508 e. The zero-order valence-corrected chi connectivity index (χ0v) is 10.9. The van der Waals surface area contributed by atoms with E-state index in [1.54, 1.807) is 18.2 Å². The Bertz CT molecular complexity index is 445. The lowest BCUT2D eigenvalue weighted by Gasteiger charge is -2.28. The number of nitrogens with one attached hydrogen (secondary N) is 2. The first-order valence-electron chi connectivity index (χ1n) is 6.42. The van der Waals surface area contributed by atoms with E-state index in [1.165, 1.54) is 0 Å². The van der Waals surface area contributed by atoms with Crippen LogP contribution in [0.15, 0.2) is 18.2 Å². The van der Waals surface area contributed by atoms with Gasteiger partial charge >= 0.3 is 0 Å². The summed E-state index contributed by atoms with van der Waals surface area (Å²) in [6.45, 7) is 4.80. The number of hydrogen-bond donors (Lipinski definition) is 3. The van der Waals surface area contributed by atoms with E-state index in [2.05, 4.69) is 17.6 Å². The highest BCUT2D eigenvalue weighted by atomic mass is 16.3. The molecule has 2 unspecified atom stereocenters. The van der Waals surface area contributed by atoms with Crippen LogP contribution in [-0.4, -0.2) is 23.6 Å². The van der Waals surface area contributed by atoms with E-state index in [9.17, 15) is 9.90 Å². The van der Waals surface area contributed by atoms with Crippen molar-refractivity contribution in [3.8, 4) is 5.75 Å². The third-order valence-corrected chi connectivity index (χ3v) is 3.53. The molecular formula is C14H20N2O2. The molecule has 0 saturated carbocycles. The van der Waals surface area contributed by atoms with Crippen molar-refractivity contribution in [3.05, 3.63) is 23.8 Å². The highest BCUT2D eigenvalue weighted by molar-refractivity contribution is 5.95. The molecule has 98 valence electrons. The minimum atomic E-state index is -0.137. The van der Waals surface area contributed by atoms with Crippen LogP contribution in [0.2, 0.25) is 0 Å². The van der Waals surface area contributed by atoms with Crippen LogP contribution >= 0.6 is 0 Å². The minimum Gasteiger partial charge on any atom is -0.508 e. The molecule has 0 aliphatic carbocycles. The van der Waals surface area contributed by atoms with Gasteiger partial charge in [-0.05, 0) is 43.9 Å². The van der Waals surface area contributed by atoms with Gasteiger partial charge in [-0.15, -0.1) is 0 Å². The van der Waals surface area contributed by atoms with Crippen molar-refractivity contribution in [2.75, 3.05) is 11.9 Å².